The number of carbonyl (C=O) groups is 1. The van der Waals surface area contributed by atoms with E-state index in [1.807, 2.05) is 24.3 Å². The average molecular weight is 248 g/mol. The fourth-order valence-electron chi connectivity index (χ4n) is 1.79. The van der Waals surface area contributed by atoms with Crippen molar-refractivity contribution in [1.82, 2.24) is 5.32 Å². The second kappa shape index (κ2) is 6.40. The van der Waals surface area contributed by atoms with E-state index in [1.54, 1.807) is 7.11 Å². The Labute approximate surface area is 108 Å². The topological polar surface area (TPSA) is 50.4 Å². The van der Waals surface area contributed by atoms with E-state index in [4.69, 9.17) is 4.74 Å². The van der Waals surface area contributed by atoms with E-state index in [2.05, 4.69) is 10.6 Å². The molecule has 1 aromatic rings. The molecule has 18 heavy (non-hydrogen) atoms. The number of hydrogen-bond donors (Lipinski definition) is 2. The summed E-state index contributed by atoms with van der Waals surface area (Å²) in [6, 6.07) is 8.50. The first-order chi connectivity index (χ1) is 8.78. The first-order valence-electron chi connectivity index (χ1n) is 6.39. The molecular weight excluding hydrogens is 228 g/mol. The van der Waals surface area contributed by atoms with Gasteiger partial charge in [0.25, 0.3) is 0 Å². The van der Waals surface area contributed by atoms with Gasteiger partial charge in [0.15, 0.2) is 0 Å². The molecule has 2 rings (SSSR count). The van der Waals surface area contributed by atoms with Crippen molar-refractivity contribution in [2.24, 2.45) is 0 Å². The number of rotatable bonds is 7. The van der Waals surface area contributed by atoms with Gasteiger partial charge in [0.1, 0.15) is 0 Å². The van der Waals surface area contributed by atoms with Crippen LogP contribution >= 0.6 is 0 Å². The third kappa shape index (κ3) is 4.37. The molecule has 0 aromatic heterocycles. The number of benzene rings is 1. The molecule has 0 bridgehead atoms. The first kappa shape index (κ1) is 12.9. The molecule has 1 saturated carbocycles. The highest BCUT2D eigenvalue weighted by atomic mass is 16.5. The quantitative estimate of drug-likeness (QED) is 0.775. The molecule has 1 aliphatic carbocycles. The van der Waals surface area contributed by atoms with Gasteiger partial charge in [-0.25, -0.2) is 0 Å². The van der Waals surface area contributed by atoms with Crippen molar-refractivity contribution in [1.29, 1.82) is 0 Å². The number of hydrogen-bond acceptors (Lipinski definition) is 3. The van der Waals surface area contributed by atoms with Crippen molar-refractivity contribution < 1.29 is 9.53 Å². The van der Waals surface area contributed by atoms with Crippen LogP contribution in [0.5, 0.6) is 0 Å². The minimum absolute atomic E-state index is 0.137. The Morgan fingerprint density at radius 3 is 3.00 bits per heavy atom. The van der Waals surface area contributed by atoms with Gasteiger partial charge in [-0.1, -0.05) is 12.1 Å². The van der Waals surface area contributed by atoms with Gasteiger partial charge < -0.3 is 15.4 Å². The second-order valence-electron chi connectivity index (χ2n) is 4.65. The summed E-state index contributed by atoms with van der Waals surface area (Å²) in [5.41, 5.74) is 2.16. The van der Waals surface area contributed by atoms with E-state index in [9.17, 15) is 4.79 Å². The molecule has 1 aromatic carbocycles. The molecule has 4 heteroatoms. The van der Waals surface area contributed by atoms with Crippen LogP contribution in [0.15, 0.2) is 24.3 Å². The van der Waals surface area contributed by atoms with E-state index in [1.165, 1.54) is 0 Å². The van der Waals surface area contributed by atoms with Crippen molar-refractivity contribution in [2.75, 3.05) is 19.0 Å². The average Bonchev–Trinajstić information content (AvgIpc) is 3.14. The molecule has 98 valence electrons. The minimum Gasteiger partial charge on any atom is -0.385 e. The molecule has 0 spiro atoms. The standard InChI is InChI=1S/C14H20N2O2/c1-18-10-11-3-2-4-13(9-11)15-8-7-14(17)16-12-5-6-12/h2-4,9,12,15H,5-8,10H2,1H3,(H,16,17). The lowest BCUT2D eigenvalue weighted by atomic mass is 10.2. The van der Waals surface area contributed by atoms with E-state index in [0.717, 1.165) is 24.1 Å². The van der Waals surface area contributed by atoms with E-state index < -0.39 is 0 Å². The summed E-state index contributed by atoms with van der Waals surface area (Å²) >= 11 is 0. The smallest absolute Gasteiger partial charge is 0.221 e. The predicted octanol–water partition coefficient (Wildman–Crippen LogP) is 1.91. The van der Waals surface area contributed by atoms with Gasteiger partial charge in [0, 0.05) is 31.8 Å². The summed E-state index contributed by atoms with van der Waals surface area (Å²) in [5.74, 6) is 0.137. The van der Waals surface area contributed by atoms with Gasteiger partial charge in [-0.15, -0.1) is 0 Å². The van der Waals surface area contributed by atoms with Crippen LogP contribution in [0.3, 0.4) is 0 Å². The number of amides is 1. The van der Waals surface area contributed by atoms with Crippen LogP contribution in [0.25, 0.3) is 0 Å². The Hall–Kier alpha value is -1.55. The Bertz CT molecular complexity index is 403. The lowest BCUT2D eigenvalue weighted by Gasteiger charge is -2.08. The van der Waals surface area contributed by atoms with Crippen molar-refractivity contribution in [3.8, 4) is 0 Å². The maximum absolute atomic E-state index is 11.5. The van der Waals surface area contributed by atoms with Gasteiger partial charge >= 0.3 is 0 Å². The molecule has 1 aliphatic rings. The van der Waals surface area contributed by atoms with Gasteiger partial charge in [0.05, 0.1) is 6.61 Å². The van der Waals surface area contributed by atoms with Crippen LogP contribution < -0.4 is 10.6 Å². The minimum atomic E-state index is 0.137. The van der Waals surface area contributed by atoms with Gasteiger partial charge in [-0.05, 0) is 30.5 Å². The van der Waals surface area contributed by atoms with Gasteiger partial charge in [-0.2, -0.15) is 0 Å². The molecule has 0 unspecified atom stereocenters. The van der Waals surface area contributed by atoms with E-state index >= 15 is 0 Å². The highest BCUT2D eigenvalue weighted by molar-refractivity contribution is 5.77. The Kier molecular flexibility index (Phi) is 4.59. The van der Waals surface area contributed by atoms with Crippen molar-refractivity contribution in [3.63, 3.8) is 0 Å². The van der Waals surface area contributed by atoms with Crippen LogP contribution in [0, 0.1) is 0 Å². The molecule has 1 fully saturated rings. The molecule has 0 radical (unpaired) electrons. The van der Waals surface area contributed by atoms with Crippen LogP contribution in [-0.4, -0.2) is 25.6 Å². The molecule has 2 N–H and O–H groups in total. The summed E-state index contributed by atoms with van der Waals surface area (Å²) in [6.45, 7) is 1.27. The number of methoxy groups -OCH3 is 1. The van der Waals surface area contributed by atoms with Gasteiger partial charge in [0.2, 0.25) is 5.91 Å². The fourth-order valence-corrected chi connectivity index (χ4v) is 1.79. The lowest BCUT2D eigenvalue weighted by molar-refractivity contribution is -0.120. The third-order valence-electron chi connectivity index (χ3n) is 2.86. The molecular formula is C14H20N2O2. The third-order valence-corrected chi connectivity index (χ3v) is 2.86. The predicted molar refractivity (Wildman–Crippen MR) is 71.4 cm³/mol. The number of nitrogens with one attached hydrogen (secondary N) is 2. The monoisotopic (exact) mass is 248 g/mol. The zero-order chi connectivity index (χ0) is 12.8. The number of carbonyl (C=O) groups excluding carboxylic acids is 1. The summed E-state index contributed by atoms with van der Waals surface area (Å²) < 4.78 is 5.08. The van der Waals surface area contributed by atoms with Crippen LogP contribution in [0.4, 0.5) is 5.69 Å². The maximum Gasteiger partial charge on any atom is 0.221 e. The van der Waals surface area contributed by atoms with Crippen LogP contribution in [-0.2, 0) is 16.1 Å². The summed E-state index contributed by atoms with van der Waals surface area (Å²) in [6.07, 6.45) is 2.79. The Balaban J connectivity index is 1.71. The van der Waals surface area contributed by atoms with Crippen molar-refractivity contribution >= 4 is 11.6 Å². The van der Waals surface area contributed by atoms with E-state index in [0.29, 0.717) is 25.6 Å². The summed E-state index contributed by atoms with van der Waals surface area (Å²) in [5, 5.41) is 6.22. The SMILES string of the molecule is COCc1cccc(NCCC(=O)NC2CC2)c1. The molecule has 0 saturated heterocycles. The van der Waals surface area contributed by atoms with Crippen molar-refractivity contribution in [3.05, 3.63) is 29.8 Å². The number of ether oxygens (including phenoxy) is 1. The number of anilines is 1. The Morgan fingerprint density at radius 2 is 2.28 bits per heavy atom. The second-order valence-corrected chi connectivity index (χ2v) is 4.65. The molecule has 0 atom stereocenters. The Morgan fingerprint density at radius 1 is 1.44 bits per heavy atom. The molecule has 0 aliphatic heterocycles. The molecule has 1 amide bonds. The summed E-state index contributed by atoms with van der Waals surface area (Å²) in [7, 11) is 1.68. The largest absolute Gasteiger partial charge is 0.385 e. The maximum atomic E-state index is 11.5. The lowest BCUT2D eigenvalue weighted by Crippen LogP contribution is -2.27. The van der Waals surface area contributed by atoms with E-state index in [-0.39, 0.29) is 5.91 Å². The zero-order valence-corrected chi connectivity index (χ0v) is 10.7. The van der Waals surface area contributed by atoms with Crippen LogP contribution in [0.1, 0.15) is 24.8 Å². The highest BCUT2D eigenvalue weighted by Crippen LogP contribution is 2.18. The fraction of sp³-hybridized carbons (Fsp3) is 0.500. The van der Waals surface area contributed by atoms with Crippen molar-refractivity contribution in [2.45, 2.75) is 31.9 Å². The molecule has 0 heterocycles. The summed E-state index contributed by atoms with van der Waals surface area (Å²) in [4.78, 5) is 11.5. The van der Waals surface area contributed by atoms with Gasteiger partial charge in [-0.3, -0.25) is 4.79 Å². The first-order valence-corrected chi connectivity index (χ1v) is 6.39. The molecule has 4 nitrogen and oxygen atoms in total. The zero-order valence-electron chi connectivity index (χ0n) is 10.7. The highest BCUT2D eigenvalue weighted by Gasteiger charge is 2.22. The normalized spacial score (nSPS) is 14.3. The van der Waals surface area contributed by atoms with Crippen LogP contribution in [0.2, 0.25) is 0 Å².